The van der Waals surface area contributed by atoms with E-state index in [1.807, 2.05) is 6.92 Å². The van der Waals surface area contributed by atoms with Crippen molar-refractivity contribution in [3.8, 4) is 0 Å². The molecule has 33 heavy (non-hydrogen) atoms. The third-order valence-corrected chi connectivity index (χ3v) is 6.69. The molecule has 11 heteroatoms. The average molecular weight is 529 g/mol. The molecule has 1 aromatic carbocycles. The Kier molecular flexibility index (Phi) is 9.57. The van der Waals surface area contributed by atoms with Crippen molar-refractivity contribution in [2.75, 3.05) is 6.61 Å². The number of benzene rings is 1. The zero-order chi connectivity index (χ0) is 24.7. The van der Waals surface area contributed by atoms with Crippen molar-refractivity contribution in [3.05, 3.63) is 35.4 Å². The second kappa shape index (κ2) is 11.9. The van der Waals surface area contributed by atoms with Crippen LogP contribution >= 0.6 is 0 Å². The summed E-state index contributed by atoms with van der Waals surface area (Å²) >= 11 is -0.941. The van der Waals surface area contributed by atoms with Crippen molar-refractivity contribution in [1.29, 1.82) is 0 Å². The summed E-state index contributed by atoms with van der Waals surface area (Å²) in [5.41, 5.74) is 1.42. The van der Waals surface area contributed by atoms with Crippen LogP contribution < -0.4 is 0 Å². The number of aryl methyl sites for hydroxylation is 1. The van der Waals surface area contributed by atoms with Gasteiger partial charge in [-0.15, -0.1) is 0 Å². The van der Waals surface area contributed by atoms with Crippen LogP contribution in [-0.2, 0) is 42.9 Å². The number of carbonyl (C=O) groups excluding carboxylic acids is 5. The van der Waals surface area contributed by atoms with Gasteiger partial charge < -0.3 is 0 Å². The summed E-state index contributed by atoms with van der Waals surface area (Å²) in [6.07, 6.45) is -4.80. The fraction of sp³-hybridized carbons (Fsp3) is 0.500. The molecule has 0 N–H and O–H groups in total. The normalized spacial score (nSPS) is 24.3. The van der Waals surface area contributed by atoms with E-state index in [1.165, 1.54) is 6.92 Å². The predicted octanol–water partition coefficient (Wildman–Crippen LogP) is 0.923. The van der Waals surface area contributed by atoms with Gasteiger partial charge in [0.05, 0.1) is 0 Å². The molecule has 2 rings (SSSR count). The van der Waals surface area contributed by atoms with Crippen LogP contribution in [0, 0.1) is 6.92 Å². The summed E-state index contributed by atoms with van der Waals surface area (Å²) in [5.74, 6) is -2.75. The summed E-state index contributed by atoms with van der Waals surface area (Å²) in [4.78, 5) is 59.7. The fourth-order valence-corrected chi connectivity index (χ4v) is 5.30. The van der Waals surface area contributed by atoms with Gasteiger partial charge in [-0.3, -0.25) is 0 Å². The maximum absolute atomic E-state index is 12.9. The van der Waals surface area contributed by atoms with E-state index in [2.05, 4.69) is 0 Å². The Balaban J connectivity index is 2.42. The van der Waals surface area contributed by atoms with Gasteiger partial charge in [0.15, 0.2) is 0 Å². The van der Waals surface area contributed by atoms with Crippen LogP contribution in [0.5, 0.6) is 0 Å². The molecule has 1 fully saturated rings. The van der Waals surface area contributed by atoms with Crippen LogP contribution in [0.2, 0.25) is 0 Å². The van der Waals surface area contributed by atoms with Crippen LogP contribution in [0.3, 0.4) is 0 Å². The fourth-order valence-electron chi connectivity index (χ4n) is 3.15. The number of hydrogen-bond acceptors (Lipinski definition) is 10. The van der Waals surface area contributed by atoms with Gasteiger partial charge in [0.1, 0.15) is 0 Å². The molecule has 10 nitrogen and oxygen atoms in total. The summed E-state index contributed by atoms with van der Waals surface area (Å²) < 4.78 is 26.8. The molecule has 0 spiro atoms. The molecule has 1 aliphatic rings. The Morgan fingerprint density at radius 3 is 1.82 bits per heavy atom. The molecule has 0 unspecified atom stereocenters. The SMILES string of the molecule is CC(=O)OC[C@H]1O[C@@H]([Se]C(=O)c2ccc(C)cc2)[C@H](OC(C)=O)[C@@H](OC(C)=O)[C@@H]1OC(C)=O. The molecule has 0 bridgehead atoms. The topological polar surface area (TPSA) is 132 Å². The predicted molar refractivity (Wildman–Crippen MR) is 113 cm³/mol. The molecule has 1 aromatic rings. The molecule has 0 aromatic heterocycles. The van der Waals surface area contributed by atoms with E-state index in [0.717, 1.165) is 26.3 Å². The van der Waals surface area contributed by atoms with E-state index in [9.17, 15) is 24.0 Å². The van der Waals surface area contributed by atoms with Crippen molar-refractivity contribution in [3.63, 3.8) is 0 Å². The van der Waals surface area contributed by atoms with Gasteiger partial charge in [0.2, 0.25) is 0 Å². The number of ether oxygens (including phenoxy) is 5. The van der Waals surface area contributed by atoms with Crippen LogP contribution in [0.15, 0.2) is 24.3 Å². The second-order valence-electron chi connectivity index (χ2n) is 7.34. The van der Waals surface area contributed by atoms with E-state index >= 15 is 0 Å². The monoisotopic (exact) mass is 530 g/mol. The third kappa shape index (κ3) is 7.96. The van der Waals surface area contributed by atoms with Gasteiger partial charge in [-0.25, -0.2) is 0 Å². The molecule has 180 valence electrons. The van der Waals surface area contributed by atoms with Gasteiger partial charge in [-0.2, -0.15) is 0 Å². The first-order chi connectivity index (χ1) is 15.5. The minimum atomic E-state index is -1.28. The Labute approximate surface area is 197 Å². The number of hydrogen-bond donors (Lipinski definition) is 0. The molecule has 0 saturated carbocycles. The first kappa shape index (κ1) is 26.5. The summed E-state index contributed by atoms with van der Waals surface area (Å²) in [7, 11) is 0. The standard InChI is InChI=1S/C22H26O10Se/c1-11-6-8-16(9-7-11)21(27)33-22-20(31-15(5)26)19(30-14(4)25)18(29-13(3)24)17(32-22)10-28-12(2)23/h6-9,17-20,22H,10H2,1-5H3/t17-,18-,19+,20-,22+/m1/s1. The molecular formula is C22H26O10Se. The Morgan fingerprint density at radius 2 is 1.30 bits per heavy atom. The molecule has 0 amide bonds. The first-order valence-electron chi connectivity index (χ1n) is 10.1. The van der Waals surface area contributed by atoms with Gasteiger partial charge in [0.25, 0.3) is 0 Å². The van der Waals surface area contributed by atoms with Gasteiger partial charge in [-0.05, 0) is 0 Å². The quantitative estimate of drug-likeness (QED) is 0.272. The van der Waals surface area contributed by atoms with Crippen LogP contribution in [-0.4, -0.2) is 79.5 Å². The van der Waals surface area contributed by atoms with Crippen molar-refractivity contribution in [2.24, 2.45) is 0 Å². The zero-order valence-corrected chi connectivity index (χ0v) is 20.6. The van der Waals surface area contributed by atoms with Crippen molar-refractivity contribution in [1.82, 2.24) is 0 Å². The van der Waals surface area contributed by atoms with E-state index in [0.29, 0.717) is 5.56 Å². The van der Waals surface area contributed by atoms with Crippen molar-refractivity contribution < 1.29 is 47.7 Å². The number of esters is 4. The first-order valence-corrected chi connectivity index (χ1v) is 11.9. The molecule has 0 aliphatic carbocycles. The summed E-state index contributed by atoms with van der Waals surface area (Å²) in [6.45, 7) is 6.19. The number of rotatable bonds is 8. The molecular weight excluding hydrogens is 503 g/mol. The minimum absolute atomic E-state index is 0.247. The van der Waals surface area contributed by atoms with E-state index in [4.69, 9.17) is 23.7 Å². The Hall–Kier alpha value is -2.75. The number of carbonyl (C=O) groups is 5. The third-order valence-electron chi connectivity index (χ3n) is 4.46. The van der Waals surface area contributed by atoms with Crippen LogP contribution in [0.4, 0.5) is 0 Å². The Morgan fingerprint density at radius 1 is 0.788 bits per heavy atom. The molecule has 1 saturated heterocycles. The van der Waals surface area contributed by atoms with Crippen molar-refractivity contribution >= 4 is 43.5 Å². The van der Waals surface area contributed by atoms with E-state index in [-0.39, 0.29) is 11.3 Å². The Bertz CT molecular complexity index is 897. The second-order valence-corrected chi connectivity index (χ2v) is 9.59. The summed E-state index contributed by atoms with van der Waals surface area (Å²) in [5, 5.41) is -1.01. The van der Waals surface area contributed by atoms with Crippen LogP contribution in [0.1, 0.15) is 43.6 Å². The van der Waals surface area contributed by atoms with Gasteiger partial charge >= 0.3 is 197 Å². The van der Waals surface area contributed by atoms with Gasteiger partial charge in [0, 0.05) is 0 Å². The molecule has 1 aliphatic heterocycles. The van der Waals surface area contributed by atoms with E-state index < -0.39 is 68.3 Å². The zero-order valence-electron chi connectivity index (χ0n) is 18.9. The maximum atomic E-state index is 12.9. The molecule has 1 heterocycles. The van der Waals surface area contributed by atoms with Gasteiger partial charge in [-0.1, -0.05) is 0 Å². The summed E-state index contributed by atoms with van der Waals surface area (Å²) in [6, 6.07) is 6.92. The molecule has 5 atom stereocenters. The molecule has 0 radical (unpaired) electrons. The van der Waals surface area contributed by atoms with Crippen molar-refractivity contribution in [2.45, 2.75) is 64.0 Å². The average Bonchev–Trinajstić information content (AvgIpc) is 2.70. The van der Waals surface area contributed by atoms with E-state index in [1.54, 1.807) is 24.3 Å². The van der Waals surface area contributed by atoms with Crippen LogP contribution in [0.25, 0.3) is 0 Å².